The van der Waals surface area contributed by atoms with Gasteiger partial charge in [-0.3, -0.25) is 4.79 Å². The second kappa shape index (κ2) is 7.88. The molecule has 1 aromatic heterocycles. The molecule has 5 nitrogen and oxygen atoms in total. The molecule has 3 aromatic rings. The van der Waals surface area contributed by atoms with Gasteiger partial charge in [0, 0.05) is 29.8 Å². The summed E-state index contributed by atoms with van der Waals surface area (Å²) >= 11 is 0. The van der Waals surface area contributed by atoms with Gasteiger partial charge in [-0.15, -0.1) is 0 Å². The van der Waals surface area contributed by atoms with Crippen LogP contribution in [0.3, 0.4) is 0 Å². The molecular formula is C22H21N3O2. The first-order valence-electron chi connectivity index (χ1n) is 8.84. The largest absolute Gasteiger partial charge is 0.356 e. The molecule has 0 radical (unpaired) electrons. The summed E-state index contributed by atoms with van der Waals surface area (Å²) in [6, 6.07) is 17.3. The van der Waals surface area contributed by atoms with Crippen LogP contribution >= 0.6 is 0 Å². The lowest BCUT2D eigenvalue weighted by Crippen LogP contribution is -2.05. The topological polar surface area (TPSA) is 78.9 Å². The number of hydrogen-bond donors (Lipinski definition) is 1. The van der Waals surface area contributed by atoms with Gasteiger partial charge in [-0.1, -0.05) is 43.3 Å². The van der Waals surface area contributed by atoms with Gasteiger partial charge in [0.1, 0.15) is 5.69 Å². The van der Waals surface area contributed by atoms with Crippen molar-refractivity contribution >= 4 is 11.6 Å². The number of hydrogen-bond acceptors (Lipinski definition) is 4. The van der Waals surface area contributed by atoms with Crippen LogP contribution in [-0.2, 0) is 11.2 Å². The summed E-state index contributed by atoms with van der Waals surface area (Å²) in [6.45, 7) is 5.74. The number of carbonyl (C=O) groups is 1. The SMILES string of the molecule is CC(=O)Nc1ccc(-c2cc(-c3ccc(CC(C)C)c(C#N)c3)on2)cc1. The van der Waals surface area contributed by atoms with E-state index < -0.39 is 0 Å². The van der Waals surface area contributed by atoms with Gasteiger partial charge in [0.05, 0.1) is 11.6 Å². The highest BCUT2D eigenvalue weighted by Crippen LogP contribution is 2.28. The van der Waals surface area contributed by atoms with Gasteiger partial charge in [-0.05, 0) is 36.1 Å². The number of nitriles is 1. The van der Waals surface area contributed by atoms with Crippen molar-refractivity contribution in [3.8, 4) is 28.7 Å². The molecule has 136 valence electrons. The van der Waals surface area contributed by atoms with Crippen molar-refractivity contribution in [2.75, 3.05) is 5.32 Å². The van der Waals surface area contributed by atoms with Crippen LogP contribution in [0.2, 0.25) is 0 Å². The maximum absolute atomic E-state index is 11.1. The number of benzene rings is 2. The lowest BCUT2D eigenvalue weighted by molar-refractivity contribution is -0.114. The van der Waals surface area contributed by atoms with E-state index in [1.807, 2.05) is 48.5 Å². The zero-order valence-electron chi connectivity index (χ0n) is 15.6. The Morgan fingerprint density at radius 3 is 2.48 bits per heavy atom. The summed E-state index contributed by atoms with van der Waals surface area (Å²) < 4.78 is 5.49. The number of nitrogens with zero attached hydrogens (tertiary/aromatic N) is 2. The molecular weight excluding hydrogens is 338 g/mol. The van der Waals surface area contributed by atoms with Crippen molar-refractivity contribution in [2.45, 2.75) is 27.2 Å². The van der Waals surface area contributed by atoms with Crippen molar-refractivity contribution in [1.82, 2.24) is 5.16 Å². The molecule has 0 bridgehead atoms. The fourth-order valence-corrected chi connectivity index (χ4v) is 2.93. The third-order valence-electron chi connectivity index (χ3n) is 4.15. The Bertz CT molecular complexity index is 995. The molecule has 0 saturated heterocycles. The number of rotatable bonds is 5. The Balaban J connectivity index is 1.85. The van der Waals surface area contributed by atoms with Gasteiger partial charge in [-0.2, -0.15) is 5.26 Å². The quantitative estimate of drug-likeness (QED) is 0.692. The van der Waals surface area contributed by atoms with Crippen LogP contribution in [0.25, 0.3) is 22.6 Å². The Morgan fingerprint density at radius 1 is 1.15 bits per heavy atom. The van der Waals surface area contributed by atoms with Crippen LogP contribution in [0.15, 0.2) is 53.1 Å². The van der Waals surface area contributed by atoms with E-state index in [2.05, 4.69) is 30.4 Å². The van der Waals surface area contributed by atoms with Crippen LogP contribution in [-0.4, -0.2) is 11.1 Å². The molecule has 1 heterocycles. The van der Waals surface area contributed by atoms with Crippen LogP contribution in [0.5, 0.6) is 0 Å². The van der Waals surface area contributed by atoms with E-state index in [-0.39, 0.29) is 5.91 Å². The zero-order chi connectivity index (χ0) is 19.4. The summed E-state index contributed by atoms with van der Waals surface area (Å²) in [5, 5.41) is 16.3. The number of nitrogens with one attached hydrogen (secondary N) is 1. The van der Waals surface area contributed by atoms with Gasteiger partial charge in [0.2, 0.25) is 5.91 Å². The maximum Gasteiger partial charge on any atom is 0.221 e. The summed E-state index contributed by atoms with van der Waals surface area (Å²) in [5.74, 6) is 0.990. The first kappa shape index (κ1) is 18.4. The second-order valence-electron chi connectivity index (χ2n) is 6.92. The molecule has 0 aliphatic rings. The average Bonchev–Trinajstić information content (AvgIpc) is 3.12. The minimum absolute atomic E-state index is 0.110. The predicted octanol–water partition coefficient (Wildman–Crippen LogP) is 5.04. The number of anilines is 1. The van der Waals surface area contributed by atoms with Gasteiger partial charge >= 0.3 is 0 Å². The summed E-state index contributed by atoms with van der Waals surface area (Å²) in [4.78, 5) is 11.1. The zero-order valence-corrected chi connectivity index (χ0v) is 15.6. The van der Waals surface area contributed by atoms with Crippen LogP contribution in [0, 0.1) is 17.2 Å². The van der Waals surface area contributed by atoms with E-state index in [1.54, 1.807) is 0 Å². The molecule has 3 rings (SSSR count). The number of carbonyl (C=O) groups excluding carboxylic acids is 1. The van der Waals surface area contributed by atoms with E-state index >= 15 is 0 Å². The molecule has 0 fully saturated rings. The highest BCUT2D eigenvalue weighted by atomic mass is 16.5. The molecule has 0 atom stereocenters. The third-order valence-corrected chi connectivity index (χ3v) is 4.15. The van der Waals surface area contributed by atoms with Gasteiger partial charge in [0.15, 0.2) is 5.76 Å². The smallest absolute Gasteiger partial charge is 0.221 e. The van der Waals surface area contributed by atoms with E-state index in [1.165, 1.54) is 6.92 Å². The molecule has 0 aliphatic heterocycles. The minimum atomic E-state index is -0.110. The molecule has 0 unspecified atom stereocenters. The van der Waals surface area contributed by atoms with Gasteiger partial charge in [0.25, 0.3) is 0 Å². The van der Waals surface area contributed by atoms with E-state index in [0.717, 1.165) is 28.8 Å². The monoisotopic (exact) mass is 359 g/mol. The standard InChI is InChI=1S/C22H21N3O2/c1-14(2)10-17-4-5-18(11-19(17)13-23)22-12-21(25-27-22)16-6-8-20(9-7-16)24-15(3)26/h4-9,11-12,14H,10H2,1-3H3,(H,24,26). The fourth-order valence-electron chi connectivity index (χ4n) is 2.93. The van der Waals surface area contributed by atoms with E-state index in [9.17, 15) is 10.1 Å². The van der Waals surface area contributed by atoms with Crippen LogP contribution < -0.4 is 5.32 Å². The van der Waals surface area contributed by atoms with E-state index in [0.29, 0.717) is 22.9 Å². The van der Waals surface area contributed by atoms with Gasteiger partial charge in [-0.25, -0.2) is 0 Å². The summed E-state index contributed by atoms with van der Waals surface area (Å²) in [6.07, 6.45) is 0.867. The lowest BCUT2D eigenvalue weighted by Gasteiger charge is -2.07. The molecule has 0 spiro atoms. The predicted molar refractivity (Wildman–Crippen MR) is 105 cm³/mol. The second-order valence-corrected chi connectivity index (χ2v) is 6.92. The van der Waals surface area contributed by atoms with Crippen LogP contribution in [0.4, 0.5) is 5.69 Å². The van der Waals surface area contributed by atoms with Crippen LogP contribution in [0.1, 0.15) is 31.9 Å². The van der Waals surface area contributed by atoms with E-state index in [4.69, 9.17) is 4.52 Å². The van der Waals surface area contributed by atoms with Crippen molar-refractivity contribution < 1.29 is 9.32 Å². The average molecular weight is 359 g/mol. The first-order valence-corrected chi connectivity index (χ1v) is 8.84. The Morgan fingerprint density at radius 2 is 1.85 bits per heavy atom. The highest BCUT2D eigenvalue weighted by Gasteiger charge is 2.12. The first-order chi connectivity index (χ1) is 13.0. The Kier molecular flexibility index (Phi) is 5.37. The molecule has 27 heavy (non-hydrogen) atoms. The highest BCUT2D eigenvalue weighted by molar-refractivity contribution is 5.89. The molecule has 2 aromatic carbocycles. The van der Waals surface area contributed by atoms with Crippen molar-refractivity contribution in [3.63, 3.8) is 0 Å². The Labute approximate surface area is 158 Å². The molecule has 5 heteroatoms. The summed E-state index contributed by atoms with van der Waals surface area (Å²) in [7, 11) is 0. The van der Waals surface area contributed by atoms with Gasteiger partial charge < -0.3 is 9.84 Å². The molecule has 1 N–H and O–H groups in total. The summed E-state index contributed by atoms with van der Waals surface area (Å²) in [5.41, 5.74) is 4.85. The maximum atomic E-state index is 11.1. The third kappa shape index (κ3) is 4.42. The minimum Gasteiger partial charge on any atom is -0.356 e. The fraction of sp³-hybridized carbons (Fsp3) is 0.227. The number of amides is 1. The molecule has 0 saturated carbocycles. The molecule has 1 amide bonds. The van der Waals surface area contributed by atoms with Crippen molar-refractivity contribution in [1.29, 1.82) is 5.26 Å². The van der Waals surface area contributed by atoms with Crippen molar-refractivity contribution in [3.05, 3.63) is 59.7 Å². The normalized spacial score (nSPS) is 10.6. The lowest BCUT2D eigenvalue weighted by atomic mass is 9.96. The van der Waals surface area contributed by atoms with Crippen molar-refractivity contribution in [2.24, 2.45) is 5.92 Å². The number of aromatic nitrogens is 1. The Hall–Kier alpha value is -3.39. The molecule has 0 aliphatic carbocycles.